The number of thiazole rings is 1. The average molecular weight is 412 g/mol. The van der Waals surface area contributed by atoms with Crippen molar-refractivity contribution in [2.45, 2.75) is 6.54 Å². The van der Waals surface area contributed by atoms with Crippen LogP contribution in [0.5, 0.6) is 0 Å². The highest BCUT2D eigenvalue weighted by molar-refractivity contribution is 7.07. The second-order valence-electron chi connectivity index (χ2n) is 5.56. The van der Waals surface area contributed by atoms with Crippen LogP contribution >= 0.6 is 34.5 Å². The lowest BCUT2D eigenvalue weighted by Crippen LogP contribution is -2.32. The Bertz CT molecular complexity index is 1250. The van der Waals surface area contributed by atoms with Gasteiger partial charge in [-0.1, -0.05) is 59.6 Å². The van der Waals surface area contributed by atoms with Crippen LogP contribution < -0.4 is 14.8 Å². The number of rotatable bonds is 3. The molecule has 0 unspecified atom stereocenters. The maximum Gasteiger partial charge on any atom is 0.269 e. The predicted octanol–water partition coefficient (Wildman–Crippen LogP) is 3.29. The van der Waals surface area contributed by atoms with E-state index in [-0.39, 0.29) is 17.7 Å². The molecule has 0 saturated carbocycles. The van der Waals surface area contributed by atoms with Gasteiger partial charge < -0.3 is 0 Å². The Labute approximate surface area is 169 Å². The van der Waals surface area contributed by atoms with Crippen molar-refractivity contribution in [3.05, 3.63) is 89.3 Å². The zero-order valence-electron chi connectivity index (χ0n) is 13.8. The zero-order valence-corrected chi connectivity index (χ0v) is 16.1. The van der Waals surface area contributed by atoms with E-state index in [0.717, 1.165) is 16.9 Å². The fourth-order valence-corrected chi connectivity index (χ4v) is 4.00. The Morgan fingerprint density at radius 3 is 2.44 bits per heavy atom. The molecular formula is C20H11Cl2N3OS. The summed E-state index contributed by atoms with van der Waals surface area (Å²) in [6.07, 6.45) is 1.64. The first-order valence-corrected chi connectivity index (χ1v) is 9.35. The summed E-state index contributed by atoms with van der Waals surface area (Å²) in [5, 5.41) is 19.4. The molecule has 0 aliphatic heterocycles. The molecule has 0 fully saturated rings. The van der Waals surface area contributed by atoms with Gasteiger partial charge in [0, 0.05) is 10.0 Å². The Morgan fingerprint density at radius 1 is 1.11 bits per heavy atom. The van der Waals surface area contributed by atoms with Crippen LogP contribution in [0.2, 0.25) is 10.0 Å². The monoisotopic (exact) mass is 411 g/mol. The van der Waals surface area contributed by atoms with Gasteiger partial charge in [0.1, 0.15) is 16.8 Å². The van der Waals surface area contributed by atoms with Gasteiger partial charge >= 0.3 is 0 Å². The van der Waals surface area contributed by atoms with Crippen molar-refractivity contribution in [2.24, 2.45) is 0 Å². The largest absolute Gasteiger partial charge is 0.293 e. The standard InChI is InChI=1S/C20H11Cl2N3OS/c21-16-7-6-14(17(22)9-16)8-18-19(26)25(12-13-4-2-1-3-5-13)20(27-18)15(10-23)11-24/h1-9H,12H2/b18-8+. The quantitative estimate of drug-likeness (QED) is 0.663. The van der Waals surface area contributed by atoms with Gasteiger partial charge in [0.15, 0.2) is 5.57 Å². The highest BCUT2D eigenvalue weighted by atomic mass is 35.5. The molecule has 132 valence electrons. The van der Waals surface area contributed by atoms with Gasteiger partial charge in [-0.25, -0.2) is 0 Å². The molecule has 0 bridgehead atoms. The lowest BCUT2D eigenvalue weighted by molar-refractivity contribution is 0.754. The van der Waals surface area contributed by atoms with E-state index in [9.17, 15) is 15.3 Å². The van der Waals surface area contributed by atoms with Gasteiger partial charge in [-0.3, -0.25) is 9.36 Å². The second-order valence-corrected chi connectivity index (χ2v) is 7.43. The van der Waals surface area contributed by atoms with Gasteiger partial charge in [0.05, 0.1) is 11.1 Å². The number of hydrogen-bond donors (Lipinski definition) is 0. The molecule has 0 atom stereocenters. The summed E-state index contributed by atoms with van der Waals surface area (Å²) < 4.78 is 2.15. The molecule has 3 rings (SSSR count). The summed E-state index contributed by atoms with van der Waals surface area (Å²) in [5.74, 6) is 0. The topological polar surface area (TPSA) is 69.6 Å². The summed E-state index contributed by atoms with van der Waals surface area (Å²) in [6, 6.07) is 18.1. The van der Waals surface area contributed by atoms with Crippen LogP contribution in [0, 0.1) is 22.7 Å². The predicted molar refractivity (Wildman–Crippen MR) is 108 cm³/mol. The third kappa shape index (κ3) is 4.13. The minimum Gasteiger partial charge on any atom is -0.293 e. The molecule has 0 aliphatic rings. The average Bonchev–Trinajstić information content (AvgIpc) is 2.96. The van der Waals surface area contributed by atoms with E-state index < -0.39 is 0 Å². The zero-order chi connectivity index (χ0) is 19.4. The lowest BCUT2D eigenvalue weighted by Gasteiger charge is -2.02. The van der Waals surface area contributed by atoms with Crippen LogP contribution in [-0.2, 0) is 6.54 Å². The molecule has 2 aromatic carbocycles. The van der Waals surface area contributed by atoms with Gasteiger partial charge in [-0.05, 0) is 29.3 Å². The Kier molecular flexibility index (Phi) is 5.78. The molecule has 3 aromatic rings. The van der Waals surface area contributed by atoms with E-state index in [1.54, 1.807) is 24.3 Å². The Morgan fingerprint density at radius 2 is 1.81 bits per heavy atom. The summed E-state index contributed by atoms with van der Waals surface area (Å²) in [5.41, 5.74) is 1.14. The first kappa shape index (κ1) is 18.9. The van der Waals surface area contributed by atoms with Crippen molar-refractivity contribution in [2.75, 3.05) is 0 Å². The van der Waals surface area contributed by atoms with Crippen LogP contribution in [0.1, 0.15) is 11.1 Å². The van der Waals surface area contributed by atoms with Gasteiger partial charge in [0.25, 0.3) is 5.56 Å². The van der Waals surface area contributed by atoms with E-state index >= 15 is 0 Å². The number of nitrogens with zero attached hydrogens (tertiary/aromatic N) is 3. The van der Waals surface area contributed by atoms with Gasteiger partial charge in [0.2, 0.25) is 0 Å². The summed E-state index contributed by atoms with van der Waals surface area (Å²) in [6.45, 7) is 0.264. The molecule has 0 radical (unpaired) electrons. The van der Waals surface area contributed by atoms with E-state index in [1.807, 2.05) is 42.5 Å². The highest BCUT2D eigenvalue weighted by Gasteiger charge is 2.10. The Balaban J connectivity index is 2.27. The molecule has 0 saturated heterocycles. The number of nitriles is 2. The molecule has 0 spiro atoms. The molecule has 1 aromatic heterocycles. The van der Waals surface area contributed by atoms with E-state index in [1.165, 1.54) is 4.57 Å². The molecule has 0 N–H and O–H groups in total. The molecule has 7 heteroatoms. The van der Waals surface area contributed by atoms with Crippen molar-refractivity contribution >= 4 is 46.2 Å². The maximum atomic E-state index is 13.0. The normalized spacial score (nSPS) is 11.0. The molecule has 4 nitrogen and oxygen atoms in total. The van der Waals surface area contributed by atoms with Crippen molar-refractivity contribution in [3.8, 4) is 12.1 Å². The van der Waals surface area contributed by atoms with Crippen molar-refractivity contribution in [1.82, 2.24) is 4.57 Å². The van der Waals surface area contributed by atoms with Gasteiger partial charge in [-0.2, -0.15) is 10.5 Å². The van der Waals surface area contributed by atoms with Crippen molar-refractivity contribution < 1.29 is 0 Å². The third-order valence-corrected chi connectivity index (χ3v) is 5.47. The number of halogens is 2. The fourth-order valence-electron chi connectivity index (χ4n) is 2.50. The van der Waals surface area contributed by atoms with E-state index in [0.29, 0.717) is 24.8 Å². The van der Waals surface area contributed by atoms with Crippen LogP contribution in [0.25, 0.3) is 11.6 Å². The molecule has 0 aliphatic carbocycles. The SMILES string of the molecule is N#CC(C#N)=c1s/c(=C/c2ccc(Cl)cc2Cl)c(=O)n1Cc1ccccc1. The lowest BCUT2D eigenvalue weighted by atomic mass is 10.2. The number of hydrogen-bond acceptors (Lipinski definition) is 4. The van der Waals surface area contributed by atoms with E-state index in [2.05, 4.69) is 0 Å². The number of benzene rings is 2. The van der Waals surface area contributed by atoms with Gasteiger partial charge in [-0.15, -0.1) is 11.3 Å². The van der Waals surface area contributed by atoms with Crippen LogP contribution in [0.4, 0.5) is 0 Å². The molecule has 1 heterocycles. The van der Waals surface area contributed by atoms with Crippen LogP contribution in [0.3, 0.4) is 0 Å². The molecule has 0 amide bonds. The summed E-state index contributed by atoms with van der Waals surface area (Å²) >= 11 is 13.2. The summed E-state index contributed by atoms with van der Waals surface area (Å²) in [7, 11) is 0. The van der Waals surface area contributed by atoms with Crippen LogP contribution in [0.15, 0.2) is 53.3 Å². The Hall–Kier alpha value is -2.83. The number of aromatic nitrogens is 1. The fraction of sp³-hybridized carbons (Fsp3) is 0.0500. The van der Waals surface area contributed by atoms with Crippen molar-refractivity contribution in [1.29, 1.82) is 10.5 Å². The maximum absolute atomic E-state index is 13.0. The van der Waals surface area contributed by atoms with Crippen LogP contribution in [-0.4, -0.2) is 4.57 Å². The summed E-state index contributed by atoms with van der Waals surface area (Å²) in [4.78, 5) is 13.0. The van der Waals surface area contributed by atoms with E-state index in [4.69, 9.17) is 23.2 Å². The minimum absolute atomic E-state index is 0.102. The second kappa shape index (κ2) is 8.24. The van der Waals surface area contributed by atoms with Crippen molar-refractivity contribution in [3.63, 3.8) is 0 Å². The minimum atomic E-state index is -0.284. The molecular weight excluding hydrogens is 401 g/mol. The third-order valence-electron chi connectivity index (χ3n) is 3.78. The highest BCUT2D eigenvalue weighted by Crippen LogP contribution is 2.21. The first-order valence-electron chi connectivity index (χ1n) is 7.78. The first-order chi connectivity index (χ1) is 13.0. The smallest absolute Gasteiger partial charge is 0.269 e. The molecule has 27 heavy (non-hydrogen) atoms.